The van der Waals surface area contributed by atoms with Crippen molar-refractivity contribution in [2.45, 2.75) is 25.2 Å². The van der Waals surface area contributed by atoms with Gasteiger partial charge in [0.05, 0.1) is 17.1 Å². The third kappa shape index (κ3) is 1.85. The second-order valence-electron chi connectivity index (χ2n) is 6.40. The van der Waals surface area contributed by atoms with E-state index in [1.165, 1.54) is 0 Å². The zero-order valence-corrected chi connectivity index (χ0v) is 12.9. The topological polar surface area (TPSA) is 64.3 Å². The number of benzene rings is 1. The van der Waals surface area contributed by atoms with Gasteiger partial charge >= 0.3 is 0 Å². The van der Waals surface area contributed by atoms with Crippen LogP contribution < -0.4 is 0 Å². The molecule has 1 heterocycles. The Kier molecular flexibility index (Phi) is 3.44. The second-order valence-corrected chi connectivity index (χ2v) is 6.40. The molecule has 0 spiro atoms. The number of likely N-dealkylation sites (N-methyl/N-ethyl adjacent to an activating group) is 1. The molecule has 0 aromatic heterocycles. The molecule has 1 amide bonds. The third-order valence-electron chi connectivity index (χ3n) is 5.36. The highest BCUT2D eigenvalue weighted by Gasteiger charge is 2.56. The molecule has 1 aromatic rings. The maximum Gasteiger partial charge on any atom is 0.233 e. The maximum absolute atomic E-state index is 13.1. The van der Waals surface area contributed by atoms with Crippen molar-refractivity contribution in [1.82, 2.24) is 4.90 Å². The van der Waals surface area contributed by atoms with E-state index >= 15 is 0 Å². The summed E-state index contributed by atoms with van der Waals surface area (Å²) in [7, 11) is 1.82. The molecule has 1 aliphatic heterocycles. The van der Waals surface area contributed by atoms with Crippen LogP contribution in [0, 0.1) is 23.2 Å². The van der Waals surface area contributed by atoms with Crippen LogP contribution in [0.15, 0.2) is 41.7 Å². The van der Waals surface area contributed by atoms with E-state index in [1.54, 1.807) is 4.90 Å². The highest BCUT2D eigenvalue weighted by molar-refractivity contribution is 5.90. The van der Waals surface area contributed by atoms with Gasteiger partial charge in [0.2, 0.25) is 5.91 Å². The van der Waals surface area contributed by atoms with Gasteiger partial charge in [0.1, 0.15) is 5.76 Å². The molecule has 0 bridgehead atoms. The van der Waals surface area contributed by atoms with Crippen LogP contribution in [0.2, 0.25) is 0 Å². The van der Waals surface area contributed by atoms with Gasteiger partial charge in [0.25, 0.3) is 0 Å². The number of allylic oxidation sites excluding steroid dienone is 2. The predicted molar refractivity (Wildman–Crippen MR) is 82.9 cm³/mol. The number of nitrogens with zero attached hydrogens (tertiary/aromatic N) is 2. The fraction of sp³-hybridized carbons (Fsp3) is 0.444. The van der Waals surface area contributed by atoms with Crippen molar-refractivity contribution in [1.29, 1.82) is 5.26 Å². The number of piperidine rings is 1. The first-order valence-electron chi connectivity index (χ1n) is 7.65. The molecule has 22 heavy (non-hydrogen) atoms. The van der Waals surface area contributed by atoms with Gasteiger partial charge in [-0.3, -0.25) is 4.79 Å². The number of aliphatic hydroxyl groups excluding tert-OH is 1. The Morgan fingerprint density at radius 3 is 2.68 bits per heavy atom. The summed E-state index contributed by atoms with van der Waals surface area (Å²) in [5, 5.41) is 19.7. The molecule has 114 valence electrons. The first-order chi connectivity index (χ1) is 10.5. The summed E-state index contributed by atoms with van der Waals surface area (Å²) in [6.45, 7) is 2.62. The highest BCUT2D eigenvalue weighted by Crippen LogP contribution is 2.52. The number of carbonyl (C=O) groups is 1. The fourth-order valence-corrected chi connectivity index (χ4v) is 4.17. The van der Waals surface area contributed by atoms with E-state index in [1.807, 2.05) is 44.3 Å². The first kappa shape index (κ1) is 14.6. The lowest BCUT2D eigenvalue weighted by Gasteiger charge is -2.51. The van der Waals surface area contributed by atoms with Crippen LogP contribution in [-0.2, 0) is 10.2 Å². The van der Waals surface area contributed by atoms with Crippen molar-refractivity contribution in [3.05, 3.63) is 47.2 Å². The smallest absolute Gasteiger partial charge is 0.233 e. The van der Waals surface area contributed by atoms with Gasteiger partial charge in [0, 0.05) is 25.9 Å². The molecule has 3 atom stereocenters. The molecule has 1 unspecified atom stereocenters. The van der Waals surface area contributed by atoms with Crippen LogP contribution in [0.25, 0.3) is 0 Å². The Morgan fingerprint density at radius 1 is 1.36 bits per heavy atom. The van der Waals surface area contributed by atoms with Crippen LogP contribution in [0.5, 0.6) is 0 Å². The van der Waals surface area contributed by atoms with E-state index < -0.39 is 5.41 Å². The number of amides is 1. The minimum Gasteiger partial charge on any atom is -0.511 e. The standard InChI is InChI=1S/C18H20N2O2/c1-12-15-8-9-20(2)17(22)18(15,10-13(11-19)16(12)21)14-6-4-3-5-7-14/h3-7,12,15,21H,8-10H2,1-2H3/t12-,15-,18?/m0/s1. The van der Waals surface area contributed by atoms with E-state index in [0.717, 1.165) is 12.0 Å². The van der Waals surface area contributed by atoms with Gasteiger partial charge in [0.15, 0.2) is 0 Å². The number of likely N-dealkylation sites (tertiary alicyclic amines) is 1. The molecule has 3 rings (SSSR count). The number of hydrogen-bond donors (Lipinski definition) is 1. The number of rotatable bonds is 1. The molecule has 1 aromatic carbocycles. The average molecular weight is 296 g/mol. The largest absolute Gasteiger partial charge is 0.511 e. The summed E-state index contributed by atoms with van der Waals surface area (Å²) < 4.78 is 0. The Hall–Kier alpha value is -2.28. The number of aliphatic hydroxyl groups is 1. The second kappa shape index (κ2) is 5.17. The summed E-state index contributed by atoms with van der Waals surface area (Å²) in [5.41, 5.74) is 0.560. The summed E-state index contributed by atoms with van der Waals surface area (Å²) in [6.07, 6.45) is 1.12. The minimum atomic E-state index is -0.731. The molecule has 2 aliphatic rings. The van der Waals surface area contributed by atoms with Gasteiger partial charge in [-0.1, -0.05) is 37.3 Å². The van der Waals surface area contributed by atoms with E-state index in [4.69, 9.17) is 0 Å². The lowest BCUT2D eigenvalue weighted by Crippen LogP contribution is -2.58. The average Bonchev–Trinajstić information content (AvgIpc) is 2.55. The van der Waals surface area contributed by atoms with E-state index in [9.17, 15) is 15.2 Å². The Morgan fingerprint density at radius 2 is 2.05 bits per heavy atom. The number of nitriles is 1. The SMILES string of the molecule is C[C@@H]1C(O)=C(C#N)CC2(c3ccccc3)C(=O)N(C)CC[C@@H]12. The molecule has 4 heteroatoms. The zero-order chi connectivity index (χ0) is 15.9. The van der Waals surface area contributed by atoms with Gasteiger partial charge in [-0.25, -0.2) is 0 Å². The van der Waals surface area contributed by atoms with E-state index in [2.05, 4.69) is 6.07 Å². The normalized spacial score (nSPS) is 31.7. The molecule has 4 nitrogen and oxygen atoms in total. The quantitative estimate of drug-likeness (QED) is 0.866. The summed E-state index contributed by atoms with van der Waals surface area (Å²) in [6, 6.07) is 11.8. The number of carbonyl (C=O) groups excluding carboxylic acids is 1. The molecular formula is C18H20N2O2. The molecule has 1 fully saturated rings. The van der Waals surface area contributed by atoms with Crippen LogP contribution >= 0.6 is 0 Å². The molecule has 1 N–H and O–H groups in total. The molecule has 0 radical (unpaired) electrons. The van der Waals surface area contributed by atoms with Gasteiger partial charge in [-0.2, -0.15) is 5.26 Å². The van der Waals surface area contributed by atoms with E-state index in [0.29, 0.717) is 12.1 Å². The minimum absolute atomic E-state index is 0.0238. The van der Waals surface area contributed by atoms with Crippen molar-refractivity contribution in [2.75, 3.05) is 13.6 Å². The lowest BCUT2D eigenvalue weighted by atomic mass is 9.56. The van der Waals surface area contributed by atoms with Crippen molar-refractivity contribution in [3.63, 3.8) is 0 Å². The lowest BCUT2D eigenvalue weighted by molar-refractivity contribution is -0.144. The molecule has 1 aliphatic carbocycles. The number of hydrogen-bond acceptors (Lipinski definition) is 3. The fourth-order valence-electron chi connectivity index (χ4n) is 4.17. The van der Waals surface area contributed by atoms with Crippen LogP contribution in [0.1, 0.15) is 25.3 Å². The van der Waals surface area contributed by atoms with Gasteiger partial charge in [-0.15, -0.1) is 0 Å². The predicted octanol–water partition coefficient (Wildman–Crippen LogP) is 2.78. The van der Waals surface area contributed by atoms with Gasteiger partial charge in [-0.05, 0) is 17.9 Å². The highest BCUT2D eigenvalue weighted by atomic mass is 16.3. The van der Waals surface area contributed by atoms with Crippen molar-refractivity contribution < 1.29 is 9.90 Å². The van der Waals surface area contributed by atoms with Crippen molar-refractivity contribution in [2.24, 2.45) is 11.8 Å². The van der Waals surface area contributed by atoms with Crippen molar-refractivity contribution in [3.8, 4) is 6.07 Å². The molecule has 1 saturated heterocycles. The summed E-state index contributed by atoms with van der Waals surface area (Å²) in [4.78, 5) is 14.9. The molecular weight excluding hydrogens is 276 g/mol. The number of fused-ring (bicyclic) bond motifs is 1. The monoisotopic (exact) mass is 296 g/mol. The maximum atomic E-state index is 13.1. The Balaban J connectivity index is 2.23. The summed E-state index contributed by atoms with van der Waals surface area (Å²) in [5.74, 6) is 0.0652. The molecule has 0 saturated carbocycles. The van der Waals surface area contributed by atoms with Gasteiger partial charge < -0.3 is 10.0 Å². The zero-order valence-electron chi connectivity index (χ0n) is 12.9. The Bertz CT molecular complexity index is 674. The third-order valence-corrected chi connectivity index (χ3v) is 5.36. The van der Waals surface area contributed by atoms with Crippen LogP contribution in [0.4, 0.5) is 0 Å². The van der Waals surface area contributed by atoms with Crippen molar-refractivity contribution >= 4 is 5.91 Å². The van der Waals surface area contributed by atoms with E-state index in [-0.39, 0.29) is 29.9 Å². The summed E-state index contributed by atoms with van der Waals surface area (Å²) >= 11 is 0. The Labute approximate surface area is 130 Å². The first-order valence-corrected chi connectivity index (χ1v) is 7.65. The van der Waals surface area contributed by atoms with Crippen LogP contribution in [-0.4, -0.2) is 29.5 Å². The van der Waals surface area contributed by atoms with Crippen LogP contribution in [0.3, 0.4) is 0 Å².